The summed E-state index contributed by atoms with van der Waals surface area (Å²) in [7, 11) is 1.65. The largest absolute Gasteiger partial charge is 0.381 e. The van der Waals surface area contributed by atoms with Gasteiger partial charge in [0.05, 0.1) is 12.3 Å². The van der Waals surface area contributed by atoms with Crippen molar-refractivity contribution in [3.05, 3.63) is 81.8 Å². The van der Waals surface area contributed by atoms with E-state index in [9.17, 15) is 4.79 Å². The number of nitrogens with one attached hydrogen (secondary N) is 1. The van der Waals surface area contributed by atoms with Gasteiger partial charge < -0.3 is 4.74 Å². The van der Waals surface area contributed by atoms with Gasteiger partial charge in [-0.05, 0) is 37.0 Å². The van der Waals surface area contributed by atoms with E-state index in [1.54, 1.807) is 7.11 Å². The van der Waals surface area contributed by atoms with E-state index in [1.807, 2.05) is 49.4 Å². The predicted octanol–water partition coefficient (Wildman–Crippen LogP) is 3.16. The predicted molar refractivity (Wildman–Crippen MR) is 93.4 cm³/mol. The van der Waals surface area contributed by atoms with Gasteiger partial charge in [0.25, 0.3) is 5.56 Å². The Kier molecular flexibility index (Phi) is 6.51. The molecule has 23 heavy (non-hydrogen) atoms. The average molecular weight is 310 g/mol. The maximum atomic E-state index is 12.0. The van der Waals surface area contributed by atoms with E-state index >= 15 is 0 Å². The van der Waals surface area contributed by atoms with E-state index in [0.717, 1.165) is 23.3 Å². The second kappa shape index (κ2) is 8.86. The van der Waals surface area contributed by atoms with E-state index in [0.29, 0.717) is 13.0 Å². The van der Waals surface area contributed by atoms with E-state index in [-0.39, 0.29) is 5.56 Å². The molecule has 0 aliphatic rings. The molecule has 0 saturated heterocycles. The maximum absolute atomic E-state index is 12.0. The molecule has 0 unspecified atom stereocenters. The van der Waals surface area contributed by atoms with Gasteiger partial charge in [-0.3, -0.25) is 4.79 Å². The fourth-order valence-corrected chi connectivity index (χ4v) is 2.30. The van der Waals surface area contributed by atoms with Crippen molar-refractivity contribution in [2.24, 2.45) is 0 Å². The summed E-state index contributed by atoms with van der Waals surface area (Å²) in [5.74, 6) is 0. The number of nitrogens with zero attached hydrogens (tertiary/aromatic N) is 1. The van der Waals surface area contributed by atoms with Crippen LogP contribution >= 0.6 is 0 Å². The number of hydrogen-bond acceptors (Lipinski definition) is 3. The summed E-state index contributed by atoms with van der Waals surface area (Å²) in [6, 6.07) is 12.0. The molecule has 2 aromatic rings. The van der Waals surface area contributed by atoms with E-state index in [4.69, 9.17) is 4.74 Å². The molecular formula is C19H22N2O2. The lowest BCUT2D eigenvalue weighted by Crippen LogP contribution is -2.16. The normalized spacial score (nSPS) is 12.0. The Bertz CT molecular complexity index is 731. The molecule has 0 amide bonds. The SMILES string of the molecule is C/C=C(\C=C/COC)c1cc(CCc2ccccc2)c(=O)[nH]n1. The van der Waals surface area contributed by atoms with Crippen molar-refractivity contribution in [3.63, 3.8) is 0 Å². The van der Waals surface area contributed by atoms with Crippen molar-refractivity contribution >= 4 is 5.57 Å². The third-order valence-electron chi connectivity index (χ3n) is 3.57. The zero-order valence-corrected chi connectivity index (χ0v) is 13.6. The monoisotopic (exact) mass is 310 g/mol. The highest BCUT2D eigenvalue weighted by atomic mass is 16.5. The van der Waals surface area contributed by atoms with Gasteiger partial charge >= 0.3 is 0 Å². The minimum atomic E-state index is -0.124. The average Bonchev–Trinajstić information content (AvgIpc) is 2.59. The number of rotatable bonds is 7. The van der Waals surface area contributed by atoms with Crippen molar-refractivity contribution in [1.29, 1.82) is 0 Å². The number of aromatic nitrogens is 2. The Balaban J connectivity index is 2.16. The second-order valence-electron chi connectivity index (χ2n) is 5.19. The Morgan fingerprint density at radius 1 is 1.26 bits per heavy atom. The number of aryl methyl sites for hydroxylation is 2. The number of hydrogen-bond donors (Lipinski definition) is 1. The second-order valence-corrected chi connectivity index (χ2v) is 5.19. The van der Waals surface area contributed by atoms with E-state index in [2.05, 4.69) is 22.3 Å². The van der Waals surface area contributed by atoms with Gasteiger partial charge in [0.1, 0.15) is 0 Å². The molecule has 1 N–H and O–H groups in total. The smallest absolute Gasteiger partial charge is 0.267 e. The zero-order valence-electron chi connectivity index (χ0n) is 13.6. The third kappa shape index (κ3) is 5.04. The lowest BCUT2D eigenvalue weighted by molar-refractivity contribution is 0.234. The van der Waals surface area contributed by atoms with Gasteiger partial charge in [0, 0.05) is 12.7 Å². The minimum absolute atomic E-state index is 0.124. The van der Waals surface area contributed by atoms with Crippen LogP contribution in [0.5, 0.6) is 0 Å². The van der Waals surface area contributed by atoms with Crippen LogP contribution in [0.15, 0.2) is 59.4 Å². The number of aromatic amines is 1. The minimum Gasteiger partial charge on any atom is -0.381 e. The molecule has 0 aliphatic heterocycles. The molecule has 1 heterocycles. The van der Waals surface area contributed by atoms with Gasteiger partial charge in [0.2, 0.25) is 0 Å². The standard InChI is InChI=1S/C19H22N2O2/c1-3-16(10-7-13-23-2)18-14-17(19(22)21-20-18)12-11-15-8-5-4-6-9-15/h3-10,14H,11-13H2,1-2H3,(H,21,22)/b10-7-,16-3+. The van der Waals surface area contributed by atoms with Crippen LogP contribution in [0.3, 0.4) is 0 Å². The summed E-state index contributed by atoms with van der Waals surface area (Å²) < 4.78 is 5.01. The van der Waals surface area contributed by atoms with Crippen LogP contribution < -0.4 is 5.56 Å². The molecule has 0 aliphatic carbocycles. The summed E-state index contributed by atoms with van der Waals surface area (Å²) in [4.78, 5) is 12.0. The van der Waals surface area contributed by atoms with Crippen LogP contribution in [0.1, 0.15) is 23.7 Å². The molecule has 2 rings (SSSR count). The molecule has 0 bridgehead atoms. The van der Waals surface area contributed by atoms with Gasteiger partial charge in [-0.1, -0.05) is 48.6 Å². The summed E-state index contributed by atoms with van der Waals surface area (Å²) in [5, 5.41) is 6.74. The Morgan fingerprint density at radius 3 is 2.74 bits per heavy atom. The number of allylic oxidation sites excluding steroid dienone is 3. The van der Waals surface area contributed by atoms with Gasteiger partial charge in [-0.25, -0.2) is 5.10 Å². The number of ether oxygens (including phenoxy) is 1. The fraction of sp³-hybridized carbons (Fsp3) is 0.263. The van der Waals surface area contributed by atoms with Gasteiger partial charge in [-0.15, -0.1) is 0 Å². The summed E-state index contributed by atoms with van der Waals surface area (Å²) in [5.41, 5.74) is 3.57. The molecule has 0 spiro atoms. The Hall–Kier alpha value is -2.46. The molecule has 1 aromatic heterocycles. The quantitative estimate of drug-likeness (QED) is 0.799. The molecule has 0 fully saturated rings. The van der Waals surface area contributed by atoms with E-state index in [1.165, 1.54) is 5.56 Å². The van der Waals surface area contributed by atoms with Crippen LogP contribution in [0.4, 0.5) is 0 Å². The van der Waals surface area contributed by atoms with Crippen LogP contribution in [0, 0.1) is 0 Å². The first-order chi connectivity index (χ1) is 11.2. The van der Waals surface area contributed by atoms with Gasteiger partial charge in [-0.2, -0.15) is 5.10 Å². The Labute approximate surface area is 136 Å². The molecule has 4 heteroatoms. The van der Waals surface area contributed by atoms with Crippen LogP contribution in [0.2, 0.25) is 0 Å². The highest BCUT2D eigenvalue weighted by Crippen LogP contribution is 2.13. The summed E-state index contributed by atoms with van der Waals surface area (Å²) in [6.45, 7) is 2.49. The molecule has 0 saturated carbocycles. The number of benzene rings is 1. The zero-order chi connectivity index (χ0) is 16.5. The van der Waals surface area contributed by atoms with Crippen molar-refractivity contribution in [2.75, 3.05) is 13.7 Å². The maximum Gasteiger partial charge on any atom is 0.267 e. The topological polar surface area (TPSA) is 55.0 Å². The molecule has 120 valence electrons. The highest BCUT2D eigenvalue weighted by molar-refractivity contribution is 5.71. The summed E-state index contributed by atoms with van der Waals surface area (Å²) >= 11 is 0. The first kappa shape index (κ1) is 16.9. The lowest BCUT2D eigenvalue weighted by Gasteiger charge is -2.05. The first-order valence-corrected chi connectivity index (χ1v) is 7.69. The van der Waals surface area contributed by atoms with Crippen molar-refractivity contribution in [1.82, 2.24) is 10.2 Å². The fourth-order valence-electron chi connectivity index (χ4n) is 2.30. The van der Waals surface area contributed by atoms with Gasteiger partial charge in [0.15, 0.2) is 0 Å². The molecular weight excluding hydrogens is 288 g/mol. The van der Waals surface area contributed by atoms with Crippen LogP contribution in [-0.4, -0.2) is 23.9 Å². The molecule has 0 atom stereocenters. The molecule has 4 nitrogen and oxygen atoms in total. The number of methoxy groups -OCH3 is 1. The van der Waals surface area contributed by atoms with Crippen molar-refractivity contribution in [3.8, 4) is 0 Å². The third-order valence-corrected chi connectivity index (χ3v) is 3.57. The van der Waals surface area contributed by atoms with Crippen molar-refractivity contribution < 1.29 is 4.74 Å². The first-order valence-electron chi connectivity index (χ1n) is 7.69. The van der Waals surface area contributed by atoms with Crippen LogP contribution in [0.25, 0.3) is 5.57 Å². The van der Waals surface area contributed by atoms with E-state index < -0.39 is 0 Å². The Morgan fingerprint density at radius 2 is 2.04 bits per heavy atom. The number of H-pyrrole nitrogens is 1. The molecule has 1 aromatic carbocycles. The lowest BCUT2D eigenvalue weighted by atomic mass is 10.0. The molecule has 0 radical (unpaired) electrons. The van der Waals surface area contributed by atoms with Crippen molar-refractivity contribution in [2.45, 2.75) is 19.8 Å². The summed E-state index contributed by atoms with van der Waals surface area (Å²) in [6.07, 6.45) is 7.36. The van der Waals surface area contributed by atoms with Crippen LogP contribution in [-0.2, 0) is 17.6 Å². The highest BCUT2D eigenvalue weighted by Gasteiger charge is 2.06.